The van der Waals surface area contributed by atoms with E-state index in [-0.39, 0.29) is 30.5 Å². The number of nitrogens with one attached hydrogen (secondary N) is 1. The van der Waals surface area contributed by atoms with Gasteiger partial charge in [0.1, 0.15) is 6.04 Å². The second kappa shape index (κ2) is 9.85. The fourth-order valence-corrected chi connectivity index (χ4v) is 3.10. The van der Waals surface area contributed by atoms with Crippen LogP contribution >= 0.6 is 11.6 Å². The minimum Gasteiger partial charge on any atom is -0.357 e. The van der Waals surface area contributed by atoms with Crippen molar-refractivity contribution in [3.05, 3.63) is 74.8 Å². The molecule has 0 aliphatic heterocycles. The fourth-order valence-electron chi connectivity index (χ4n) is 2.98. The number of nitro groups is 1. The van der Waals surface area contributed by atoms with Crippen LogP contribution < -0.4 is 5.32 Å². The van der Waals surface area contributed by atoms with Crippen LogP contribution in [-0.4, -0.2) is 34.7 Å². The van der Waals surface area contributed by atoms with Gasteiger partial charge in [-0.15, -0.1) is 0 Å². The van der Waals surface area contributed by atoms with Gasteiger partial charge in [0.05, 0.1) is 11.3 Å². The van der Waals surface area contributed by atoms with Crippen molar-refractivity contribution in [2.75, 3.05) is 7.05 Å². The largest absolute Gasteiger partial charge is 0.357 e. The van der Waals surface area contributed by atoms with Crippen molar-refractivity contribution >= 4 is 29.1 Å². The van der Waals surface area contributed by atoms with E-state index in [4.69, 9.17) is 11.6 Å². The highest BCUT2D eigenvalue weighted by atomic mass is 35.5. The average Bonchev–Trinajstić information content (AvgIpc) is 2.69. The van der Waals surface area contributed by atoms with E-state index in [0.717, 1.165) is 5.56 Å². The third-order valence-electron chi connectivity index (χ3n) is 4.43. The number of carbonyl (C=O) groups excluding carboxylic acids is 2. The Morgan fingerprint density at radius 3 is 2.39 bits per heavy atom. The van der Waals surface area contributed by atoms with Gasteiger partial charge in [0.25, 0.3) is 5.69 Å². The summed E-state index contributed by atoms with van der Waals surface area (Å²) < 4.78 is 0. The maximum atomic E-state index is 13.1. The molecule has 0 aliphatic carbocycles. The third kappa shape index (κ3) is 5.29. The number of hydrogen-bond donors (Lipinski definition) is 1. The quantitative estimate of drug-likeness (QED) is 0.540. The number of benzene rings is 2. The van der Waals surface area contributed by atoms with Gasteiger partial charge in [0, 0.05) is 30.2 Å². The third-order valence-corrected chi connectivity index (χ3v) is 4.68. The molecule has 0 unspecified atom stereocenters. The second-order valence-corrected chi connectivity index (χ2v) is 6.69. The first-order valence-corrected chi connectivity index (χ1v) is 9.23. The Morgan fingerprint density at radius 1 is 1.18 bits per heavy atom. The number of amides is 2. The van der Waals surface area contributed by atoms with Crippen LogP contribution in [0.2, 0.25) is 5.02 Å². The van der Waals surface area contributed by atoms with Crippen LogP contribution in [0.25, 0.3) is 0 Å². The molecule has 0 bridgehead atoms. The van der Waals surface area contributed by atoms with Crippen molar-refractivity contribution in [3.63, 3.8) is 0 Å². The maximum absolute atomic E-state index is 13.1. The molecular weight excluding hydrogens is 382 g/mol. The van der Waals surface area contributed by atoms with Gasteiger partial charge in [-0.2, -0.15) is 0 Å². The molecule has 1 N–H and O–H groups in total. The van der Waals surface area contributed by atoms with Crippen molar-refractivity contribution in [2.24, 2.45) is 0 Å². The molecule has 0 aliphatic rings. The summed E-state index contributed by atoms with van der Waals surface area (Å²) in [6.07, 6.45) is 0.244. The predicted molar refractivity (Wildman–Crippen MR) is 107 cm³/mol. The molecule has 0 spiro atoms. The number of rotatable bonds is 8. The molecule has 0 radical (unpaired) electrons. The van der Waals surface area contributed by atoms with Crippen molar-refractivity contribution in [1.82, 2.24) is 10.2 Å². The van der Waals surface area contributed by atoms with Crippen molar-refractivity contribution in [2.45, 2.75) is 32.4 Å². The Hall–Kier alpha value is -2.93. The Morgan fingerprint density at radius 2 is 1.82 bits per heavy atom. The lowest BCUT2D eigenvalue weighted by Gasteiger charge is -2.30. The Balaban J connectivity index is 2.34. The summed E-state index contributed by atoms with van der Waals surface area (Å²) in [6.45, 7) is 2.01. The molecule has 2 rings (SSSR count). The molecule has 28 heavy (non-hydrogen) atoms. The molecule has 0 fully saturated rings. The number of hydrogen-bond acceptors (Lipinski definition) is 4. The van der Waals surface area contributed by atoms with E-state index in [1.54, 1.807) is 42.5 Å². The fraction of sp³-hybridized carbons (Fsp3) is 0.300. The molecule has 2 amide bonds. The Bertz CT molecular complexity index is 855. The zero-order chi connectivity index (χ0) is 20.7. The number of halogens is 1. The highest BCUT2D eigenvalue weighted by Crippen LogP contribution is 2.21. The SMILES string of the molecule is CC[C@H](C(=O)NC)N(Cc1ccc(Cl)cc1)C(=O)Cc1ccccc1[N+](=O)[O-]. The summed E-state index contributed by atoms with van der Waals surface area (Å²) in [5.41, 5.74) is 1.00. The lowest BCUT2D eigenvalue weighted by atomic mass is 10.1. The number of carbonyl (C=O) groups is 2. The number of para-hydroxylation sites is 1. The summed E-state index contributed by atoms with van der Waals surface area (Å²) in [5, 5.41) is 14.4. The lowest BCUT2D eigenvalue weighted by Crippen LogP contribution is -2.48. The number of nitro benzene ring substituents is 1. The van der Waals surface area contributed by atoms with E-state index in [0.29, 0.717) is 17.0 Å². The monoisotopic (exact) mass is 403 g/mol. The highest BCUT2D eigenvalue weighted by Gasteiger charge is 2.29. The molecule has 0 saturated heterocycles. The van der Waals surface area contributed by atoms with Gasteiger partial charge in [-0.05, 0) is 24.1 Å². The van der Waals surface area contributed by atoms with E-state index in [9.17, 15) is 19.7 Å². The van der Waals surface area contributed by atoms with E-state index in [2.05, 4.69) is 5.32 Å². The molecule has 2 aromatic rings. The summed E-state index contributed by atoms with van der Waals surface area (Å²) in [7, 11) is 1.51. The topological polar surface area (TPSA) is 92.6 Å². The van der Waals surface area contributed by atoms with Crippen molar-refractivity contribution < 1.29 is 14.5 Å². The van der Waals surface area contributed by atoms with Crippen LogP contribution in [0.5, 0.6) is 0 Å². The molecule has 1 atom stereocenters. The van der Waals surface area contributed by atoms with Crippen LogP contribution in [0.4, 0.5) is 5.69 Å². The molecule has 0 saturated carbocycles. The molecule has 0 heterocycles. The smallest absolute Gasteiger partial charge is 0.273 e. The standard InChI is InChI=1S/C20H22ClN3O4/c1-3-17(20(26)22-2)23(13-14-8-10-16(21)11-9-14)19(25)12-15-6-4-5-7-18(15)24(27)28/h4-11,17H,3,12-13H2,1-2H3,(H,22,26)/t17-/m1/s1. The van der Waals surface area contributed by atoms with Gasteiger partial charge in [-0.3, -0.25) is 19.7 Å². The van der Waals surface area contributed by atoms with Gasteiger partial charge in [-0.25, -0.2) is 0 Å². The molecule has 7 nitrogen and oxygen atoms in total. The van der Waals surface area contributed by atoms with Crippen molar-refractivity contribution in [3.8, 4) is 0 Å². The molecule has 2 aromatic carbocycles. The van der Waals surface area contributed by atoms with E-state index in [1.807, 2.05) is 6.92 Å². The Labute approximate surface area is 168 Å². The first-order chi connectivity index (χ1) is 13.4. The molecule has 8 heteroatoms. The highest BCUT2D eigenvalue weighted by molar-refractivity contribution is 6.30. The number of nitrogens with zero attached hydrogens (tertiary/aromatic N) is 2. The second-order valence-electron chi connectivity index (χ2n) is 6.25. The van der Waals surface area contributed by atoms with Crippen LogP contribution in [0.1, 0.15) is 24.5 Å². The molecular formula is C20H22ClN3O4. The zero-order valence-corrected chi connectivity index (χ0v) is 16.5. The minimum atomic E-state index is -0.684. The zero-order valence-electron chi connectivity index (χ0n) is 15.7. The lowest BCUT2D eigenvalue weighted by molar-refractivity contribution is -0.385. The van der Waals surface area contributed by atoms with E-state index in [1.165, 1.54) is 18.0 Å². The summed E-state index contributed by atoms with van der Waals surface area (Å²) in [5.74, 6) is -0.646. The first kappa shape index (κ1) is 21.4. The van der Waals surface area contributed by atoms with Crippen molar-refractivity contribution in [1.29, 1.82) is 0 Å². The Kier molecular flexibility index (Phi) is 7.52. The maximum Gasteiger partial charge on any atom is 0.273 e. The van der Waals surface area contributed by atoms with E-state index < -0.39 is 11.0 Å². The molecule has 148 valence electrons. The van der Waals surface area contributed by atoms with Gasteiger partial charge in [0.15, 0.2) is 0 Å². The van der Waals surface area contributed by atoms with Gasteiger partial charge >= 0.3 is 0 Å². The summed E-state index contributed by atoms with van der Waals surface area (Å²) >= 11 is 5.92. The molecule has 0 aromatic heterocycles. The summed E-state index contributed by atoms with van der Waals surface area (Å²) in [4.78, 5) is 37.6. The summed E-state index contributed by atoms with van der Waals surface area (Å²) in [6, 6.07) is 12.4. The average molecular weight is 404 g/mol. The van der Waals surface area contributed by atoms with E-state index >= 15 is 0 Å². The number of likely N-dealkylation sites (N-methyl/N-ethyl adjacent to an activating group) is 1. The van der Waals surface area contributed by atoms with Crippen LogP contribution in [-0.2, 0) is 22.6 Å². The van der Waals surface area contributed by atoms with Crippen LogP contribution in [0, 0.1) is 10.1 Å². The minimum absolute atomic E-state index is 0.115. The normalized spacial score (nSPS) is 11.5. The van der Waals surface area contributed by atoms with Crippen LogP contribution in [0.3, 0.4) is 0 Å². The van der Waals surface area contributed by atoms with Gasteiger partial charge < -0.3 is 10.2 Å². The van der Waals surface area contributed by atoms with Gasteiger partial charge in [0.2, 0.25) is 11.8 Å². The van der Waals surface area contributed by atoms with Gasteiger partial charge in [-0.1, -0.05) is 48.9 Å². The first-order valence-electron chi connectivity index (χ1n) is 8.85. The predicted octanol–water partition coefficient (Wildman–Crippen LogP) is 3.34. The van der Waals surface area contributed by atoms with Crippen LogP contribution in [0.15, 0.2) is 48.5 Å².